The van der Waals surface area contributed by atoms with Gasteiger partial charge in [-0.3, -0.25) is 4.79 Å². The monoisotopic (exact) mass is 290 g/mol. The van der Waals surface area contributed by atoms with E-state index in [1.807, 2.05) is 30.3 Å². The summed E-state index contributed by atoms with van der Waals surface area (Å²) in [4.78, 5) is 11.8. The summed E-state index contributed by atoms with van der Waals surface area (Å²) in [6.07, 6.45) is 5.03. The molecule has 0 spiro atoms. The van der Waals surface area contributed by atoms with Crippen LogP contribution in [0.15, 0.2) is 30.3 Å². The Kier molecular flexibility index (Phi) is 8.06. The minimum Gasteiger partial charge on any atom is -0.351 e. The zero-order valence-electron chi connectivity index (χ0n) is 13.7. The summed E-state index contributed by atoms with van der Waals surface area (Å²) in [5, 5.41) is 6.21. The van der Waals surface area contributed by atoms with Crippen molar-refractivity contribution in [3.63, 3.8) is 0 Å². The van der Waals surface area contributed by atoms with Gasteiger partial charge in [-0.25, -0.2) is 0 Å². The molecule has 0 fully saturated rings. The normalized spacial score (nSPS) is 11.4. The van der Waals surface area contributed by atoms with Crippen molar-refractivity contribution in [2.24, 2.45) is 5.41 Å². The molecular formula is C18H30N2O. The molecule has 1 amide bonds. The molecule has 2 N–H and O–H groups in total. The lowest BCUT2D eigenvalue weighted by Crippen LogP contribution is -2.38. The third-order valence-corrected chi connectivity index (χ3v) is 3.68. The van der Waals surface area contributed by atoms with Gasteiger partial charge in [-0.15, -0.1) is 0 Å². The summed E-state index contributed by atoms with van der Waals surface area (Å²) in [6.45, 7) is 8.62. The second kappa shape index (κ2) is 9.56. The van der Waals surface area contributed by atoms with Crippen molar-refractivity contribution in [1.82, 2.24) is 10.6 Å². The van der Waals surface area contributed by atoms with Gasteiger partial charge in [0, 0.05) is 13.1 Å². The maximum Gasteiger partial charge on any atom is 0.234 e. The average molecular weight is 290 g/mol. The van der Waals surface area contributed by atoms with Crippen molar-refractivity contribution in [1.29, 1.82) is 0 Å². The Morgan fingerprint density at radius 3 is 2.52 bits per heavy atom. The highest BCUT2D eigenvalue weighted by Gasteiger charge is 2.17. The molecule has 1 rings (SSSR count). The van der Waals surface area contributed by atoms with E-state index in [4.69, 9.17) is 0 Å². The molecule has 118 valence electrons. The highest BCUT2D eigenvalue weighted by molar-refractivity contribution is 5.77. The maximum atomic E-state index is 11.8. The van der Waals surface area contributed by atoms with E-state index in [0.717, 1.165) is 12.1 Å². The van der Waals surface area contributed by atoms with Crippen molar-refractivity contribution >= 4 is 5.91 Å². The molecule has 3 heteroatoms. The standard InChI is InChI=1S/C18H30N2O/c1-4-5-9-12-18(2,3)15-19-14-17(21)20-13-16-10-7-6-8-11-16/h6-8,10-11,19H,4-5,9,12-15H2,1-3H3,(H,20,21). The van der Waals surface area contributed by atoms with E-state index in [-0.39, 0.29) is 11.3 Å². The number of nitrogens with one attached hydrogen (secondary N) is 2. The van der Waals surface area contributed by atoms with E-state index in [0.29, 0.717) is 13.1 Å². The van der Waals surface area contributed by atoms with Crippen molar-refractivity contribution in [3.05, 3.63) is 35.9 Å². The highest BCUT2D eigenvalue weighted by atomic mass is 16.1. The van der Waals surface area contributed by atoms with Gasteiger partial charge in [0.2, 0.25) is 5.91 Å². The van der Waals surface area contributed by atoms with Gasteiger partial charge in [-0.1, -0.05) is 70.4 Å². The van der Waals surface area contributed by atoms with Gasteiger partial charge in [0.1, 0.15) is 0 Å². The molecular weight excluding hydrogens is 260 g/mol. The Bertz CT molecular complexity index is 401. The first-order valence-corrected chi connectivity index (χ1v) is 8.05. The molecule has 21 heavy (non-hydrogen) atoms. The lowest BCUT2D eigenvalue weighted by molar-refractivity contribution is -0.120. The molecule has 0 heterocycles. The van der Waals surface area contributed by atoms with Crippen LogP contribution in [-0.4, -0.2) is 19.0 Å². The van der Waals surface area contributed by atoms with Crippen molar-refractivity contribution in [2.45, 2.75) is 53.0 Å². The molecule has 0 saturated heterocycles. The van der Waals surface area contributed by atoms with E-state index in [2.05, 4.69) is 31.4 Å². The number of rotatable bonds is 10. The third kappa shape index (κ3) is 8.51. The summed E-state index contributed by atoms with van der Waals surface area (Å²) in [5.41, 5.74) is 1.39. The second-order valence-corrected chi connectivity index (χ2v) is 6.49. The predicted octanol–water partition coefficient (Wildman–Crippen LogP) is 3.50. The van der Waals surface area contributed by atoms with Crippen LogP contribution >= 0.6 is 0 Å². The summed E-state index contributed by atoms with van der Waals surface area (Å²) in [5.74, 6) is 0.0585. The highest BCUT2D eigenvalue weighted by Crippen LogP contribution is 2.22. The van der Waals surface area contributed by atoms with Gasteiger partial charge < -0.3 is 10.6 Å². The minimum absolute atomic E-state index is 0.0585. The molecule has 0 aliphatic heterocycles. The first-order chi connectivity index (χ1) is 10.0. The molecule has 3 nitrogen and oxygen atoms in total. The number of unbranched alkanes of at least 4 members (excludes halogenated alkanes) is 2. The van der Waals surface area contributed by atoms with Crippen LogP contribution in [0.1, 0.15) is 52.0 Å². The summed E-state index contributed by atoms with van der Waals surface area (Å²) < 4.78 is 0. The summed E-state index contributed by atoms with van der Waals surface area (Å²) in [7, 11) is 0. The van der Waals surface area contributed by atoms with Crippen LogP contribution < -0.4 is 10.6 Å². The second-order valence-electron chi connectivity index (χ2n) is 6.49. The van der Waals surface area contributed by atoms with Gasteiger partial charge in [0.05, 0.1) is 6.54 Å². The van der Waals surface area contributed by atoms with E-state index >= 15 is 0 Å². The number of amides is 1. The molecule has 0 atom stereocenters. The van der Waals surface area contributed by atoms with Crippen molar-refractivity contribution < 1.29 is 4.79 Å². The van der Waals surface area contributed by atoms with E-state index in [9.17, 15) is 4.79 Å². The summed E-state index contributed by atoms with van der Waals surface area (Å²) >= 11 is 0. The Labute approximate surface area is 129 Å². The molecule has 1 aromatic carbocycles. The maximum absolute atomic E-state index is 11.8. The Hall–Kier alpha value is -1.35. The third-order valence-electron chi connectivity index (χ3n) is 3.68. The molecule has 0 radical (unpaired) electrons. The van der Waals surface area contributed by atoms with Gasteiger partial charge in [0.25, 0.3) is 0 Å². The minimum atomic E-state index is 0.0585. The molecule has 1 aromatic rings. The Morgan fingerprint density at radius 1 is 1.14 bits per heavy atom. The fourth-order valence-electron chi connectivity index (χ4n) is 2.32. The Morgan fingerprint density at radius 2 is 1.86 bits per heavy atom. The van der Waals surface area contributed by atoms with Crippen LogP contribution in [0.2, 0.25) is 0 Å². The Balaban J connectivity index is 2.15. The number of carbonyl (C=O) groups excluding carboxylic acids is 1. The lowest BCUT2D eigenvalue weighted by atomic mass is 9.87. The van der Waals surface area contributed by atoms with Gasteiger partial charge in [0.15, 0.2) is 0 Å². The zero-order chi connectivity index (χ0) is 15.6. The fraction of sp³-hybridized carbons (Fsp3) is 0.611. The smallest absolute Gasteiger partial charge is 0.234 e. The first-order valence-electron chi connectivity index (χ1n) is 8.05. The van der Waals surface area contributed by atoms with Crippen LogP contribution in [0.5, 0.6) is 0 Å². The number of benzene rings is 1. The first kappa shape index (κ1) is 17.7. The SMILES string of the molecule is CCCCCC(C)(C)CNCC(=O)NCc1ccccc1. The molecule has 0 aromatic heterocycles. The largest absolute Gasteiger partial charge is 0.351 e. The number of hydrogen-bond acceptors (Lipinski definition) is 2. The van der Waals surface area contributed by atoms with Crippen LogP contribution in [0.3, 0.4) is 0 Å². The van der Waals surface area contributed by atoms with Crippen LogP contribution in [0, 0.1) is 5.41 Å². The van der Waals surface area contributed by atoms with E-state index in [1.54, 1.807) is 0 Å². The van der Waals surface area contributed by atoms with Crippen molar-refractivity contribution in [2.75, 3.05) is 13.1 Å². The molecule has 0 aliphatic rings. The van der Waals surface area contributed by atoms with Gasteiger partial charge in [-0.05, 0) is 17.4 Å². The van der Waals surface area contributed by atoms with Gasteiger partial charge >= 0.3 is 0 Å². The number of carbonyl (C=O) groups is 1. The number of hydrogen-bond donors (Lipinski definition) is 2. The quantitative estimate of drug-likeness (QED) is 0.648. The lowest BCUT2D eigenvalue weighted by Gasteiger charge is -2.25. The predicted molar refractivity (Wildman–Crippen MR) is 89.1 cm³/mol. The van der Waals surface area contributed by atoms with Crippen LogP contribution in [0.4, 0.5) is 0 Å². The fourth-order valence-corrected chi connectivity index (χ4v) is 2.32. The zero-order valence-corrected chi connectivity index (χ0v) is 13.7. The van der Waals surface area contributed by atoms with Crippen LogP contribution in [-0.2, 0) is 11.3 Å². The molecule has 0 aliphatic carbocycles. The summed E-state index contributed by atoms with van der Waals surface area (Å²) in [6, 6.07) is 9.99. The topological polar surface area (TPSA) is 41.1 Å². The van der Waals surface area contributed by atoms with E-state index < -0.39 is 0 Å². The van der Waals surface area contributed by atoms with E-state index in [1.165, 1.54) is 25.7 Å². The van der Waals surface area contributed by atoms with Crippen LogP contribution in [0.25, 0.3) is 0 Å². The molecule has 0 saturated carbocycles. The molecule has 0 unspecified atom stereocenters. The molecule has 0 bridgehead atoms. The average Bonchev–Trinajstić information content (AvgIpc) is 2.46. The van der Waals surface area contributed by atoms with Crippen molar-refractivity contribution in [3.8, 4) is 0 Å². The van der Waals surface area contributed by atoms with Gasteiger partial charge in [-0.2, -0.15) is 0 Å².